The molecule has 146 valence electrons. The maximum atomic E-state index is 12.7. The fourth-order valence-corrected chi connectivity index (χ4v) is 3.37. The number of hydrogen-bond donors (Lipinski definition) is 1. The summed E-state index contributed by atoms with van der Waals surface area (Å²) in [4.78, 5) is 13.0. The summed E-state index contributed by atoms with van der Waals surface area (Å²) in [6.45, 7) is 1.63. The van der Waals surface area contributed by atoms with Gasteiger partial charge >= 0.3 is 6.18 Å². The molecule has 0 aliphatic rings. The normalized spacial score (nSPS) is 12.0. The highest BCUT2D eigenvalue weighted by atomic mass is 32.2. The lowest BCUT2D eigenvalue weighted by atomic mass is 10.1. The molecule has 9 heteroatoms. The monoisotopic (exact) mass is 400 g/mol. The number of hydrogen-bond acceptors (Lipinski definition) is 3. The first-order valence-corrected chi connectivity index (χ1v) is 9.44. The Hall–Kier alpha value is -2.39. The van der Waals surface area contributed by atoms with Crippen LogP contribution >= 0.6 is 0 Å². The van der Waals surface area contributed by atoms with Crippen molar-refractivity contribution in [3.05, 3.63) is 65.2 Å². The third-order valence-electron chi connectivity index (χ3n) is 3.98. The highest BCUT2D eigenvalue weighted by molar-refractivity contribution is 7.89. The van der Waals surface area contributed by atoms with Crippen molar-refractivity contribution in [2.45, 2.75) is 24.5 Å². The zero-order valence-electron chi connectivity index (χ0n) is 14.7. The molecule has 2 aromatic rings. The van der Waals surface area contributed by atoms with Crippen LogP contribution in [0.3, 0.4) is 0 Å². The first kappa shape index (κ1) is 20.9. The molecular formula is C18H19F3N2O3S. The number of carbonyl (C=O) groups excluding carboxylic acids is 1. The number of amides is 1. The summed E-state index contributed by atoms with van der Waals surface area (Å²) >= 11 is 0. The molecule has 1 amide bonds. The van der Waals surface area contributed by atoms with E-state index in [0.717, 1.165) is 29.3 Å². The van der Waals surface area contributed by atoms with Crippen molar-refractivity contribution in [3.63, 3.8) is 0 Å². The Balaban J connectivity index is 2.04. The van der Waals surface area contributed by atoms with Crippen LogP contribution in [0, 0.1) is 6.92 Å². The molecular weight excluding hydrogens is 381 g/mol. The second kappa shape index (κ2) is 8.10. The van der Waals surface area contributed by atoms with Crippen LogP contribution in [0.25, 0.3) is 0 Å². The first-order chi connectivity index (χ1) is 12.5. The molecule has 0 spiro atoms. The Kier molecular flexibility index (Phi) is 6.27. The molecule has 0 saturated carbocycles. The largest absolute Gasteiger partial charge is 0.416 e. The maximum absolute atomic E-state index is 12.7. The first-order valence-electron chi connectivity index (χ1n) is 7.96. The van der Waals surface area contributed by atoms with E-state index in [0.29, 0.717) is 6.07 Å². The molecule has 0 fully saturated rings. The lowest BCUT2D eigenvalue weighted by Crippen LogP contribution is -2.38. The summed E-state index contributed by atoms with van der Waals surface area (Å²) in [6.07, 6.45) is -4.66. The lowest BCUT2D eigenvalue weighted by molar-refractivity contribution is -0.137. The minimum absolute atomic E-state index is 0.288. The zero-order chi connectivity index (χ0) is 20.2. The number of rotatable bonds is 6. The number of alkyl halides is 3. The van der Waals surface area contributed by atoms with Gasteiger partial charge in [0.15, 0.2) is 0 Å². The van der Waals surface area contributed by atoms with Crippen LogP contribution in [0.4, 0.5) is 13.2 Å². The van der Waals surface area contributed by atoms with E-state index in [2.05, 4.69) is 0 Å². The Morgan fingerprint density at radius 3 is 2.41 bits per heavy atom. The van der Waals surface area contributed by atoms with Gasteiger partial charge in [0, 0.05) is 13.6 Å². The fraction of sp³-hybridized carbons (Fsp3) is 0.278. The summed E-state index contributed by atoms with van der Waals surface area (Å²) in [7, 11) is -2.73. The second-order valence-electron chi connectivity index (χ2n) is 6.03. The van der Waals surface area contributed by atoms with Gasteiger partial charge < -0.3 is 4.90 Å². The molecule has 0 saturated heterocycles. The van der Waals surface area contributed by atoms with Crippen molar-refractivity contribution in [3.8, 4) is 0 Å². The van der Waals surface area contributed by atoms with Gasteiger partial charge in [-0.15, -0.1) is 0 Å². The van der Waals surface area contributed by atoms with E-state index in [9.17, 15) is 26.4 Å². The van der Waals surface area contributed by atoms with Gasteiger partial charge in [0.05, 0.1) is 17.0 Å². The summed E-state index contributed by atoms with van der Waals surface area (Å²) in [5.41, 5.74) is 0.823. The number of sulfonamides is 1. The Morgan fingerprint density at radius 1 is 1.11 bits per heavy atom. The highest BCUT2D eigenvalue weighted by Crippen LogP contribution is 2.30. The molecule has 0 atom stereocenters. The van der Waals surface area contributed by atoms with Crippen molar-refractivity contribution in [2.24, 2.45) is 0 Å². The number of halogens is 3. The standard InChI is InChI=1S/C18H19F3N2O3S/c1-13-6-3-4-7-14(13)12-23(2)17(24)11-22-27(25,26)16-9-5-8-15(10-16)18(19,20)21/h3-10,22H,11-12H2,1-2H3. The van der Waals surface area contributed by atoms with Crippen LogP contribution in [0.1, 0.15) is 16.7 Å². The number of carbonyl (C=O) groups is 1. The molecule has 2 aromatic carbocycles. The molecule has 0 radical (unpaired) electrons. The average molecular weight is 400 g/mol. The molecule has 0 bridgehead atoms. The minimum atomic E-state index is -4.66. The van der Waals surface area contributed by atoms with Gasteiger partial charge in [0.2, 0.25) is 15.9 Å². The van der Waals surface area contributed by atoms with Crippen molar-refractivity contribution in [1.82, 2.24) is 9.62 Å². The number of aryl methyl sites for hydroxylation is 1. The maximum Gasteiger partial charge on any atom is 0.416 e. The van der Waals surface area contributed by atoms with Crippen molar-refractivity contribution in [2.75, 3.05) is 13.6 Å². The van der Waals surface area contributed by atoms with Gasteiger partial charge in [-0.25, -0.2) is 13.1 Å². The van der Waals surface area contributed by atoms with Gasteiger partial charge in [0.25, 0.3) is 0 Å². The smallest absolute Gasteiger partial charge is 0.340 e. The average Bonchev–Trinajstić information content (AvgIpc) is 2.61. The van der Waals surface area contributed by atoms with E-state index < -0.39 is 39.1 Å². The minimum Gasteiger partial charge on any atom is -0.340 e. The van der Waals surface area contributed by atoms with Crippen molar-refractivity contribution < 1.29 is 26.4 Å². The molecule has 27 heavy (non-hydrogen) atoms. The summed E-state index contributed by atoms with van der Waals surface area (Å²) in [6, 6.07) is 10.8. The predicted octanol–water partition coefficient (Wildman–Crippen LogP) is 2.95. The third kappa shape index (κ3) is 5.54. The number of likely N-dealkylation sites (N-methyl/N-ethyl adjacent to an activating group) is 1. The molecule has 0 heterocycles. The molecule has 0 aliphatic heterocycles. The van der Waals surface area contributed by atoms with Gasteiger partial charge in [-0.1, -0.05) is 30.3 Å². The summed E-state index contributed by atoms with van der Waals surface area (Å²) in [5, 5.41) is 0. The van der Waals surface area contributed by atoms with Gasteiger partial charge in [-0.3, -0.25) is 4.79 Å². The van der Waals surface area contributed by atoms with E-state index >= 15 is 0 Å². The van der Waals surface area contributed by atoms with E-state index in [4.69, 9.17) is 0 Å². The van der Waals surface area contributed by atoms with Crippen LogP contribution in [0.15, 0.2) is 53.4 Å². The quantitative estimate of drug-likeness (QED) is 0.811. The van der Waals surface area contributed by atoms with Gasteiger partial charge in [-0.2, -0.15) is 13.2 Å². The summed E-state index contributed by atoms with van der Waals surface area (Å²) in [5.74, 6) is -0.506. The Bertz CT molecular complexity index is 927. The highest BCUT2D eigenvalue weighted by Gasteiger charge is 2.31. The molecule has 0 unspecified atom stereocenters. The van der Waals surface area contributed by atoms with E-state index in [1.807, 2.05) is 35.9 Å². The number of benzene rings is 2. The SMILES string of the molecule is Cc1ccccc1CN(C)C(=O)CNS(=O)(=O)c1cccc(C(F)(F)F)c1. The fourth-order valence-electron chi connectivity index (χ4n) is 2.35. The van der Waals surface area contributed by atoms with E-state index in [1.165, 1.54) is 11.9 Å². The molecule has 5 nitrogen and oxygen atoms in total. The Morgan fingerprint density at radius 2 is 1.78 bits per heavy atom. The lowest BCUT2D eigenvalue weighted by Gasteiger charge is -2.19. The van der Waals surface area contributed by atoms with Gasteiger partial charge in [-0.05, 0) is 36.2 Å². The van der Waals surface area contributed by atoms with E-state index in [1.54, 1.807) is 0 Å². The number of nitrogens with one attached hydrogen (secondary N) is 1. The van der Waals surface area contributed by atoms with Gasteiger partial charge in [0.1, 0.15) is 0 Å². The molecule has 1 N–H and O–H groups in total. The topological polar surface area (TPSA) is 66.5 Å². The van der Waals surface area contributed by atoms with Crippen LogP contribution in [0.2, 0.25) is 0 Å². The van der Waals surface area contributed by atoms with Crippen LogP contribution < -0.4 is 4.72 Å². The van der Waals surface area contributed by atoms with Crippen molar-refractivity contribution >= 4 is 15.9 Å². The van der Waals surface area contributed by atoms with E-state index in [-0.39, 0.29) is 6.54 Å². The predicted molar refractivity (Wildman–Crippen MR) is 94.3 cm³/mol. The third-order valence-corrected chi connectivity index (χ3v) is 5.38. The summed E-state index contributed by atoms with van der Waals surface area (Å²) < 4.78 is 64.7. The zero-order valence-corrected chi connectivity index (χ0v) is 15.6. The van der Waals surface area contributed by atoms with Crippen LogP contribution in [0.5, 0.6) is 0 Å². The molecule has 0 aromatic heterocycles. The molecule has 2 rings (SSSR count). The number of nitrogens with zero attached hydrogens (tertiary/aromatic N) is 1. The van der Waals surface area contributed by atoms with Crippen LogP contribution in [-0.4, -0.2) is 32.8 Å². The Labute approximate surface area is 155 Å². The van der Waals surface area contributed by atoms with Crippen LogP contribution in [-0.2, 0) is 27.5 Å². The van der Waals surface area contributed by atoms with Crippen molar-refractivity contribution in [1.29, 1.82) is 0 Å². The second-order valence-corrected chi connectivity index (χ2v) is 7.79. The molecule has 0 aliphatic carbocycles.